The van der Waals surface area contributed by atoms with Gasteiger partial charge in [-0.1, -0.05) is 36.4 Å². The van der Waals surface area contributed by atoms with Crippen LogP contribution in [0.3, 0.4) is 0 Å². The summed E-state index contributed by atoms with van der Waals surface area (Å²) in [5, 5.41) is 28.3. The lowest BCUT2D eigenvalue weighted by Crippen LogP contribution is -2.24. The number of aromatic amines is 1. The Labute approximate surface area is 251 Å². The number of anilines is 2. The predicted octanol–water partition coefficient (Wildman–Crippen LogP) is 5.58. The number of pyridine rings is 1. The molecule has 0 amide bonds. The molecular formula is C35H38N4O4. The first-order valence-corrected chi connectivity index (χ1v) is 14.3. The lowest BCUT2D eigenvalue weighted by molar-refractivity contribution is 0.176. The van der Waals surface area contributed by atoms with Crippen LogP contribution in [-0.4, -0.2) is 54.4 Å². The van der Waals surface area contributed by atoms with Gasteiger partial charge in [-0.2, -0.15) is 0 Å². The molecule has 0 fully saturated rings. The van der Waals surface area contributed by atoms with Crippen molar-refractivity contribution in [3.05, 3.63) is 118 Å². The van der Waals surface area contributed by atoms with Gasteiger partial charge in [-0.15, -0.1) is 0 Å². The molecular weight excluding hydrogens is 540 g/mol. The fraction of sp³-hybridized carbons (Fsp3) is 0.229. The zero-order valence-corrected chi connectivity index (χ0v) is 24.7. The number of nitrogens with one attached hydrogen (secondary N) is 3. The van der Waals surface area contributed by atoms with Crippen molar-refractivity contribution >= 4 is 22.3 Å². The van der Waals surface area contributed by atoms with Crippen molar-refractivity contribution in [2.75, 3.05) is 39.6 Å². The Bertz CT molecular complexity index is 1750. The number of phenols is 1. The SMILES string of the molecule is COc1ccc(Nc2ccc(CCNC[C@H](O)c3ccc(O)c4[nH]c(=O)ccc34)cc2)cc1-c1cccc(CN(C)C)c1. The number of hydrogen-bond acceptors (Lipinski definition) is 7. The standard InChI is InChI=1S/C35H38N4O4/c1-39(2)22-24-5-4-6-25(19-24)30-20-27(11-15-33(30)43-3)37-26-9-7-23(8-10-26)17-18-36-21-32(41)28-12-14-31(40)35-29(28)13-16-34(42)38-35/h4-16,19-20,32,36-37,40-41H,17-18,21-22H2,1-3H3,(H,38,42)/t32-/m0/s1. The zero-order valence-electron chi connectivity index (χ0n) is 24.7. The Morgan fingerprint density at radius 3 is 2.47 bits per heavy atom. The number of aliphatic hydroxyl groups is 1. The van der Waals surface area contributed by atoms with Crippen LogP contribution in [0.15, 0.2) is 95.8 Å². The first-order valence-electron chi connectivity index (χ1n) is 14.3. The van der Waals surface area contributed by atoms with E-state index in [1.165, 1.54) is 23.3 Å². The van der Waals surface area contributed by atoms with E-state index in [0.717, 1.165) is 41.2 Å². The van der Waals surface area contributed by atoms with Gasteiger partial charge in [0.2, 0.25) is 5.56 Å². The number of rotatable bonds is 12. The summed E-state index contributed by atoms with van der Waals surface area (Å²) in [4.78, 5) is 16.4. The van der Waals surface area contributed by atoms with Gasteiger partial charge >= 0.3 is 0 Å². The Morgan fingerprint density at radius 2 is 1.70 bits per heavy atom. The number of nitrogens with zero attached hydrogens (tertiary/aromatic N) is 1. The third kappa shape index (κ3) is 7.42. The van der Waals surface area contributed by atoms with Gasteiger partial charge in [0.05, 0.1) is 18.7 Å². The maximum Gasteiger partial charge on any atom is 0.248 e. The Kier molecular flexibility index (Phi) is 9.41. The van der Waals surface area contributed by atoms with Crippen LogP contribution in [0, 0.1) is 0 Å². The van der Waals surface area contributed by atoms with Crippen LogP contribution in [0.5, 0.6) is 11.5 Å². The van der Waals surface area contributed by atoms with E-state index in [9.17, 15) is 15.0 Å². The van der Waals surface area contributed by atoms with Crippen molar-refractivity contribution in [3.8, 4) is 22.6 Å². The highest BCUT2D eigenvalue weighted by atomic mass is 16.5. The van der Waals surface area contributed by atoms with Gasteiger partial charge in [0.25, 0.3) is 0 Å². The number of ether oxygens (including phenoxy) is 1. The van der Waals surface area contributed by atoms with Gasteiger partial charge in [0.1, 0.15) is 11.5 Å². The number of aromatic nitrogens is 1. The van der Waals surface area contributed by atoms with Crippen LogP contribution in [0.1, 0.15) is 22.8 Å². The molecule has 1 aromatic heterocycles. The molecule has 5 N–H and O–H groups in total. The van der Waals surface area contributed by atoms with Gasteiger partial charge in [0, 0.05) is 41.5 Å². The number of benzene rings is 4. The summed E-state index contributed by atoms with van der Waals surface area (Å²) in [6, 6.07) is 29.2. The molecule has 0 bridgehead atoms. The molecule has 222 valence electrons. The van der Waals surface area contributed by atoms with Crippen LogP contribution in [-0.2, 0) is 13.0 Å². The lowest BCUT2D eigenvalue weighted by Gasteiger charge is -2.16. The summed E-state index contributed by atoms with van der Waals surface area (Å²) >= 11 is 0. The second-order valence-corrected chi connectivity index (χ2v) is 10.9. The number of fused-ring (bicyclic) bond motifs is 1. The molecule has 5 rings (SSSR count). The Hall–Kier alpha value is -4.63. The van der Waals surface area contributed by atoms with Crippen molar-refractivity contribution in [1.29, 1.82) is 0 Å². The van der Waals surface area contributed by atoms with Crippen molar-refractivity contribution in [3.63, 3.8) is 0 Å². The maximum atomic E-state index is 11.7. The lowest BCUT2D eigenvalue weighted by atomic mass is 10.0. The Balaban J connectivity index is 1.18. The zero-order chi connectivity index (χ0) is 30.3. The molecule has 1 heterocycles. The van der Waals surface area contributed by atoms with Gasteiger partial charge in [-0.3, -0.25) is 4.79 Å². The topological polar surface area (TPSA) is 110 Å². The summed E-state index contributed by atoms with van der Waals surface area (Å²) in [6.07, 6.45) is 0.0116. The highest BCUT2D eigenvalue weighted by Crippen LogP contribution is 2.34. The highest BCUT2D eigenvalue weighted by Gasteiger charge is 2.14. The molecule has 1 atom stereocenters. The summed E-state index contributed by atoms with van der Waals surface area (Å²) in [6.45, 7) is 1.90. The predicted molar refractivity (Wildman–Crippen MR) is 173 cm³/mol. The van der Waals surface area contributed by atoms with Gasteiger partial charge < -0.3 is 35.5 Å². The number of phenolic OH excluding ortho intramolecular Hbond substituents is 1. The molecule has 5 aromatic rings. The summed E-state index contributed by atoms with van der Waals surface area (Å²) in [5.74, 6) is 0.807. The summed E-state index contributed by atoms with van der Waals surface area (Å²) < 4.78 is 5.67. The van der Waals surface area contributed by atoms with Crippen LogP contribution < -0.4 is 20.9 Å². The van der Waals surface area contributed by atoms with E-state index in [4.69, 9.17) is 4.74 Å². The number of H-pyrrole nitrogens is 1. The van der Waals surface area contributed by atoms with E-state index in [1.54, 1.807) is 19.2 Å². The van der Waals surface area contributed by atoms with Crippen molar-refractivity contribution in [2.24, 2.45) is 0 Å². The number of methoxy groups -OCH3 is 1. The molecule has 0 unspecified atom stereocenters. The average molecular weight is 579 g/mol. The van der Waals surface area contributed by atoms with Crippen molar-refractivity contribution in [1.82, 2.24) is 15.2 Å². The molecule has 8 nitrogen and oxygen atoms in total. The number of hydrogen-bond donors (Lipinski definition) is 5. The van der Waals surface area contributed by atoms with Crippen LogP contribution in [0.2, 0.25) is 0 Å². The smallest absolute Gasteiger partial charge is 0.248 e. The fourth-order valence-electron chi connectivity index (χ4n) is 5.27. The molecule has 0 radical (unpaired) electrons. The third-order valence-corrected chi connectivity index (χ3v) is 7.37. The largest absolute Gasteiger partial charge is 0.506 e. The van der Waals surface area contributed by atoms with Gasteiger partial charge in [-0.05, 0) is 97.8 Å². The molecule has 4 aromatic carbocycles. The third-order valence-electron chi connectivity index (χ3n) is 7.37. The van der Waals surface area contributed by atoms with Crippen LogP contribution in [0.4, 0.5) is 11.4 Å². The normalized spacial score (nSPS) is 12.0. The number of aliphatic hydroxyl groups excluding tert-OH is 1. The second-order valence-electron chi connectivity index (χ2n) is 10.9. The van der Waals surface area contributed by atoms with E-state index in [1.807, 2.05) is 12.1 Å². The molecule has 0 aliphatic heterocycles. The van der Waals surface area contributed by atoms with E-state index >= 15 is 0 Å². The molecule has 8 heteroatoms. The van der Waals surface area contributed by atoms with Crippen molar-refractivity contribution in [2.45, 2.75) is 19.1 Å². The molecule has 0 aliphatic carbocycles. The highest BCUT2D eigenvalue weighted by molar-refractivity contribution is 5.87. The Morgan fingerprint density at radius 1 is 0.907 bits per heavy atom. The van der Waals surface area contributed by atoms with Crippen molar-refractivity contribution < 1.29 is 14.9 Å². The quantitative estimate of drug-likeness (QED) is 0.123. The average Bonchev–Trinajstić information content (AvgIpc) is 3.00. The molecule has 43 heavy (non-hydrogen) atoms. The minimum atomic E-state index is -0.787. The van der Waals surface area contributed by atoms with Gasteiger partial charge in [-0.25, -0.2) is 0 Å². The monoisotopic (exact) mass is 578 g/mol. The minimum absolute atomic E-state index is 0.0209. The van der Waals surface area contributed by atoms with E-state index in [0.29, 0.717) is 29.6 Å². The van der Waals surface area contributed by atoms with E-state index in [-0.39, 0.29) is 11.3 Å². The van der Waals surface area contributed by atoms with E-state index < -0.39 is 6.10 Å². The van der Waals surface area contributed by atoms with Crippen LogP contribution >= 0.6 is 0 Å². The number of aromatic hydroxyl groups is 1. The minimum Gasteiger partial charge on any atom is -0.506 e. The van der Waals surface area contributed by atoms with E-state index in [2.05, 4.69) is 89.2 Å². The van der Waals surface area contributed by atoms with Crippen LogP contribution in [0.25, 0.3) is 22.0 Å². The second kappa shape index (κ2) is 13.6. The fourth-order valence-corrected chi connectivity index (χ4v) is 5.27. The first kappa shape index (κ1) is 29.8. The summed E-state index contributed by atoms with van der Waals surface area (Å²) in [5.41, 5.74) is 7.21. The molecule has 0 aliphatic rings. The summed E-state index contributed by atoms with van der Waals surface area (Å²) in [7, 11) is 5.83. The first-order chi connectivity index (χ1) is 20.8. The molecule has 0 spiro atoms. The maximum absolute atomic E-state index is 11.7. The molecule has 0 saturated heterocycles. The molecule has 0 saturated carbocycles. The van der Waals surface area contributed by atoms with Gasteiger partial charge in [0.15, 0.2) is 0 Å².